The Morgan fingerprint density at radius 3 is 2.50 bits per heavy atom. The van der Waals surface area contributed by atoms with E-state index >= 15 is 0 Å². The number of non-ortho nitro benzene ring substituents is 1. The number of anilines is 1. The number of benzene rings is 1. The van der Waals surface area contributed by atoms with Gasteiger partial charge in [0, 0.05) is 30.3 Å². The van der Waals surface area contributed by atoms with Crippen LogP contribution in [-0.2, 0) is 4.79 Å². The summed E-state index contributed by atoms with van der Waals surface area (Å²) in [5, 5.41) is 17.0. The molecular weight excluding hydrogens is 364 g/mol. The van der Waals surface area contributed by atoms with Gasteiger partial charge in [-0.25, -0.2) is 0 Å². The minimum atomic E-state index is -0.514. The molecule has 148 valence electrons. The van der Waals surface area contributed by atoms with E-state index < -0.39 is 4.92 Å². The van der Waals surface area contributed by atoms with Gasteiger partial charge in [-0.1, -0.05) is 24.4 Å². The molecule has 1 aliphatic rings. The lowest BCUT2D eigenvalue weighted by atomic mass is 9.89. The molecule has 0 radical (unpaired) electrons. The topological polar surface area (TPSA) is 119 Å². The lowest BCUT2D eigenvalue weighted by Gasteiger charge is -2.29. The van der Waals surface area contributed by atoms with Gasteiger partial charge >= 0.3 is 0 Å². The van der Waals surface area contributed by atoms with Gasteiger partial charge in [-0.05, 0) is 30.9 Å². The van der Waals surface area contributed by atoms with Crippen LogP contribution in [0.1, 0.15) is 42.5 Å². The van der Waals surface area contributed by atoms with Gasteiger partial charge in [0.15, 0.2) is 5.82 Å². The van der Waals surface area contributed by atoms with Crippen molar-refractivity contribution in [2.45, 2.75) is 32.1 Å². The number of carbonyl (C=O) groups is 2. The Balaban J connectivity index is 1.72. The highest BCUT2D eigenvalue weighted by atomic mass is 16.6. The SMILES string of the molecule is O=C(CN(CC1CCCCC1)C(=O)c1ccc([N+](=O)[O-])cc1)Nc1ccon1. The molecule has 28 heavy (non-hydrogen) atoms. The Morgan fingerprint density at radius 2 is 1.89 bits per heavy atom. The van der Waals surface area contributed by atoms with E-state index in [1.54, 1.807) is 0 Å². The van der Waals surface area contributed by atoms with Gasteiger partial charge in [-0.15, -0.1) is 0 Å². The van der Waals surface area contributed by atoms with Crippen LogP contribution in [-0.4, -0.2) is 39.9 Å². The number of amides is 2. The number of nitro benzene ring substituents is 1. The highest BCUT2D eigenvalue weighted by Crippen LogP contribution is 2.25. The summed E-state index contributed by atoms with van der Waals surface area (Å²) >= 11 is 0. The summed E-state index contributed by atoms with van der Waals surface area (Å²) in [5.74, 6) is -0.0725. The summed E-state index contributed by atoms with van der Waals surface area (Å²) in [6.45, 7) is 0.348. The van der Waals surface area contributed by atoms with Crippen LogP contribution in [0.2, 0.25) is 0 Å². The van der Waals surface area contributed by atoms with E-state index in [0.717, 1.165) is 25.7 Å². The zero-order chi connectivity index (χ0) is 19.9. The van der Waals surface area contributed by atoms with E-state index in [0.29, 0.717) is 18.0 Å². The Morgan fingerprint density at radius 1 is 1.18 bits per heavy atom. The van der Waals surface area contributed by atoms with Gasteiger partial charge in [0.25, 0.3) is 11.6 Å². The predicted molar refractivity (Wildman–Crippen MR) is 101 cm³/mol. The quantitative estimate of drug-likeness (QED) is 0.576. The van der Waals surface area contributed by atoms with Crippen molar-refractivity contribution in [1.82, 2.24) is 10.1 Å². The molecule has 1 fully saturated rings. The molecule has 9 nitrogen and oxygen atoms in total. The van der Waals surface area contributed by atoms with E-state index in [9.17, 15) is 19.7 Å². The highest BCUT2D eigenvalue weighted by molar-refractivity contribution is 5.99. The highest BCUT2D eigenvalue weighted by Gasteiger charge is 2.24. The normalized spacial score (nSPS) is 14.4. The van der Waals surface area contributed by atoms with Crippen LogP contribution in [0.5, 0.6) is 0 Å². The number of carbonyl (C=O) groups excluding carboxylic acids is 2. The van der Waals surface area contributed by atoms with E-state index in [1.165, 1.54) is 47.9 Å². The van der Waals surface area contributed by atoms with E-state index in [2.05, 4.69) is 15.0 Å². The first-order valence-corrected chi connectivity index (χ1v) is 9.27. The average molecular weight is 386 g/mol. The second-order valence-electron chi connectivity index (χ2n) is 6.93. The van der Waals surface area contributed by atoms with Crippen LogP contribution < -0.4 is 5.32 Å². The van der Waals surface area contributed by atoms with Crippen molar-refractivity contribution in [2.24, 2.45) is 5.92 Å². The van der Waals surface area contributed by atoms with Gasteiger partial charge in [-0.2, -0.15) is 0 Å². The van der Waals surface area contributed by atoms with Crippen molar-refractivity contribution < 1.29 is 19.0 Å². The van der Waals surface area contributed by atoms with Crippen molar-refractivity contribution in [3.8, 4) is 0 Å². The molecule has 1 N–H and O–H groups in total. The molecular formula is C19H22N4O5. The van der Waals surface area contributed by atoms with Crippen LogP contribution in [0.3, 0.4) is 0 Å². The number of rotatable bonds is 7. The van der Waals surface area contributed by atoms with E-state index in [1.807, 2.05) is 0 Å². The molecule has 0 atom stereocenters. The Bertz CT molecular complexity index is 813. The average Bonchev–Trinajstić information content (AvgIpc) is 3.20. The molecule has 1 saturated carbocycles. The van der Waals surface area contributed by atoms with Crippen molar-refractivity contribution in [2.75, 3.05) is 18.4 Å². The lowest BCUT2D eigenvalue weighted by Crippen LogP contribution is -2.41. The van der Waals surface area contributed by atoms with E-state index in [4.69, 9.17) is 0 Å². The molecule has 0 unspecified atom stereocenters. The summed E-state index contributed by atoms with van der Waals surface area (Å²) in [4.78, 5) is 37.2. The van der Waals surface area contributed by atoms with Crippen molar-refractivity contribution in [1.29, 1.82) is 0 Å². The third-order valence-corrected chi connectivity index (χ3v) is 4.86. The molecule has 0 aliphatic heterocycles. The molecule has 1 aromatic carbocycles. The number of aromatic nitrogens is 1. The molecule has 1 heterocycles. The third-order valence-electron chi connectivity index (χ3n) is 4.86. The molecule has 2 aromatic rings. The summed E-state index contributed by atoms with van der Waals surface area (Å²) in [5.41, 5.74) is 0.231. The molecule has 0 bridgehead atoms. The first-order valence-electron chi connectivity index (χ1n) is 9.27. The lowest BCUT2D eigenvalue weighted by molar-refractivity contribution is -0.384. The van der Waals surface area contributed by atoms with Crippen molar-refractivity contribution in [3.63, 3.8) is 0 Å². The van der Waals surface area contributed by atoms with Gasteiger partial charge in [-0.3, -0.25) is 19.7 Å². The maximum atomic E-state index is 13.0. The predicted octanol–water partition coefficient (Wildman–Crippen LogP) is 3.24. The van der Waals surface area contributed by atoms with Crippen LogP contribution in [0.4, 0.5) is 11.5 Å². The van der Waals surface area contributed by atoms with Crippen LogP contribution in [0.25, 0.3) is 0 Å². The van der Waals surface area contributed by atoms with Crippen LogP contribution in [0, 0.1) is 16.0 Å². The molecule has 1 aromatic heterocycles. The molecule has 9 heteroatoms. The Kier molecular flexibility index (Phi) is 6.36. The molecule has 2 amide bonds. The standard InChI is InChI=1S/C19H22N4O5/c24-18(20-17-10-11-28-21-17)13-22(12-14-4-2-1-3-5-14)19(25)15-6-8-16(9-7-15)23(26)27/h6-11,14H,1-5,12-13H2,(H,20,21,24). The van der Waals surface area contributed by atoms with Crippen molar-refractivity contribution in [3.05, 3.63) is 52.3 Å². The third kappa shape index (κ3) is 5.15. The summed E-state index contributed by atoms with van der Waals surface area (Å²) in [6.07, 6.45) is 6.82. The number of nitro groups is 1. The monoisotopic (exact) mass is 386 g/mol. The first kappa shape index (κ1) is 19.5. The van der Waals surface area contributed by atoms with Crippen LogP contribution >= 0.6 is 0 Å². The molecule has 0 spiro atoms. The van der Waals surface area contributed by atoms with Gasteiger partial charge in [0.1, 0.15) is 12.8 Å². The maximum Gasteiger partial charge on any atom is 0.269 e. The molecule has 0 saturated heterocycles. The minimum absolute atomic E-state index is 0.0841. The first-order chi connectivity index (χ1) is 13.5. The summed E-state index contributed by atoms with van der Waals surface area (Å²) in [7, 11) is 0. The number of nitrogens with zero attached hydrogens (tertiary/aromatic N) is 3. The Hall–Kier alpha value is -3.23. The van der Waals surface area contributed by atoms with Gasteiger partial charge in [0.05, 0.1) is 4.92 Å². The molecule has 3 rings (SSSR count). The second kappa shape index (κ2) is 9.12. The second-order valence-corrected chi connectivity index (χ2v) is 6.93. The summed E-state index contributed by atoms with van der Waals surface area (Å²) < 4.78 is 4.69. The van der Waals surface area contributed by atoms with Gasteiger partial charge in [0.2, 0.25) is 5.91 Å². The Labute approximate surface area is 161 Å². The van der Waals surface area contributed by atoms with Gasteiger partial charge < -0.3 is 14.7 Å². The number of nitrogens with one attached hydrogen (secondary N) is 1. The fourth-order valence-corrected chi connectivity index (χ4v) is 3.44. The molecule has 1 aliphatic carbocycles. The maximum absolute atomic E-state index is 13.0. The van der Waals surface area contributed by atoms with Crippen LogP contribution in [0.15, 0.2) is 41.1 Å². The summed E-state index contributed by atoms with van der Waals surface area (Å²) in [6, 6.07) is 6.94. The fourth-order valence-electron chi connectivity index (χ4n) is 3.44. The van der Waals surface area contributed by atoms with E-state index in [-0.39, 0.29) is 29.9 Å². The largest absolute Gasteiger partial charge is 0.363 e. The zero-order valence-corrected chi connectivity index (χ0v) is 15.4. The zero-order valence-electron chi connectivity index (χ0n) is 15.4. The smallest absolute Gasteiger partial charge is 0.269 e. The minimum Gasteiger partial charge on any atom is -0.363 e. The number of hydrogen-bond acceptors (Lipinski definition) is 6. The van der Waals surface area contributed by atoms with Crippen molar-refractivity contribution >= 4 is 23.3 Å². The number of hydrogen-bond donors (Lipinski definition) is 1. The fraction of sp³-hybridized carbons (Fsp3) is 0.421.